The van der Waals surface area contributed by atoms with Gasteiger partial charge < -0.3 is 30.3 Å². The summed E-state index contributed by atoms with van der Waals surface area (Å²) in [6, 6.07) is 17.2. The fourth-order valence-electron chi connectivity index (χ4n) is 4.35. The van der Waals surface area contributed by atoms with Crippen LogP contribution in [0.3, 0.4) is 0 Å². The van der Waals surface area contributed by atoms with Crippen LogP contribution in [0.25, 0.3) is 33.6 Å². The highest BCUT2D eigenvalue weighted by atomic mass is 35.5. The van der Waals surface area contributed by atoms with Gasteiger partial charge >= 0.3 is 0 Å². The van der Waals surface area contributed by atoms with E-state index in [2.05, 4.69) is 15.6 Å². The molecule has 8 nitrogen and oxygen atoms in total. The molecule has 0 unspecified atom stereocenters. The number of pyridine rings is 2. The van der Waals surface area contributed by atoms with Gasteiger partial charge in [-0.15, -0.1) is 0 Å². The van der Waals surface area contributed by atoms with E-state index in [-0.39, 0.29) is 13.2 Å². The molecule has 0 aliphatic rings. The molecule has 0 amide bonds. The number of aromatic nitrogens is 2. The van der Waals surface area contributed by atoms with Crippen LogP contribution in [-0.2, 0) is 13.1 Å². The Kier molecular flexibility index (Phi) is 10.7. The van der Waals surface area contributed by atoms with Gasteiger partial charge in [0, 0.05) is 60.2 Å². The van der Waals surface area contributed by atoms with Crippen LogP contribution in [0.2, 0.25) is 10.0 Å². The van der Waals surface area contributed by atoms with Gasteiger partial charge in [-0.1, -0.05) is 47.5 Å². The average molecular weight is 584 g/mol. The normalized spacial score (nSPS) is 11.1. The van der Waals surface area contributed by atoms with E-state index in [9.17, 15) is 0 Å². The highest BCUT2D eigenvalue weighted by Crippen LogP contribution is 2.42. The molecule has 4 aromatic rings. The molecular weight excluding hydrogens is 551 g/mol. The highest BCUT2D eigenvalue weighted by Gasteiger charge is 2.18. The van der Waals surface area contributed by atoms with Crippen molar-refractivity contribution in [2.24, 2.45) is 0 Å². The zero-order valence-corrected chi connectivity index (χ0v) is 23.9. The molecule has 10 heteroatoms. The van der Waals surface area contributed by atoms with Gasteiger partial charge in [-0.25, -0.2) is 4.98 Å². The zero-order valence-electron chi connectivity index (χ0n) is 22.4. The summed E-state index contributed by atoms with van der Waals surface area (Å²) in [6.45, 7) is 2.15. The summed E-state index contributed by atoms with van der Waals surface area (Å²) in [5.74, 6) is 1.16. The molecule has 4 rings (SSSR count). The van der Waals surface area contributed by atoms with Crippen molar-refractivity contribution in [3.05, 3.63) is 82.0 Å². The molecule has 210 valence electrons. The number of nitrogens with zero attached hydrogens (tertiary/aromatic N) is 2. The largest absolute Gasteiger partial charge is 0.497 e. The van der Waals surface area contributed by atoms with Crippen LogP contribution in [-0.4, -0.2) is 60.7 Å². The van der Waals surface area contributed by atoms with Crippen LogP contribution in [0.1, 0.15) is 11.1 Å². The minimum atomic E-state index is 0.0519. The quantitative estimate of drug-likeness (QED) is 0.164. The standard InChI is InChI=1S/C30H32Cl2N4O4/c1-39-22-15-19(17-33-10-12-37)14-21(16-22)29-28(32)24(8-9-35-29)23-4-3-5-25(27(23)31)26-7-6-20(18-34-11-13-38)30(36-26)40-2/h3-9,14-16,33-34,37-38H,10-13,17-18H2,1-2H3. The van der Waals surface area contributed by atoms with Crippen molar-refractivity contribution in [2.75, 3.05) is 40.5 Å². The number of halogens is 2. The molecule has 0 saturated heterocycles. The lowest BCUT2D eigenvalue weighted by Crippen LogP contribution is -2.18. The van der Waals surface area contributed by atoms with Crippen molar-refractivity contribution in [1.82, 2.24) is 20.6 Å². The van der Waals surface area contributed by atoms with Crippen molar-refractivity contribution in [3.63, 3.8) is 0 Å². The molecule has 0 fully saturated rings. The van der Waals surface area contributed by atoms with Crippen LogP contribution in [0.4, 0.5) is 0 Å². The Balaban J connectivity index is 1.72. The number of benzene rings is 2. The first-order valence-electron chi connectivity index (χ1n) is 12.8. The summed E-state index contributed by atoms with van der Waals surface area (Å²) < 4.78 is 11.0. The number of ether oxygens (including phenoxy) is 2. The van der Waals surface area contributed by atoms with Crippen molar-refractivity contribution in [3.8, 4) is 45.3 Å². The molecule has 0 bridgehead atoms. The topological polar surface area (TPSA) is 109 Å². The second-order valence-corrected chi connectivity index (χ2v) is 9.68. The number of hydrogen-bond acceptors (Lipinski definition) is 8. The molecule has 2 heterocycles. The molecule has 0 aliphatic heterocycles. The highest BCUT2D eigenvalue weighted by molar-refractivity contribution is 6.39. The van der Waals surface area contributed by atoms with Gasteiger partial charge in [-0.05, 0) is 35.9 Å². The molecule has 2 aromatic carbocycles. The van der Waals surface area contributed by atoms with E-state index in [0.29, 0.717) is 59.2 Å². The van der Waals surface area contributed by atoms with Crippen LogP contribution >= 0.6 is 23.2 Å². The maximum atomic E-state index is 9.10. The lowest BCUT2D eigenvalue weighted by Gasteiger charge is -2.15. The predicted molar refractivity (Wildman–Crippen MR) is 159 cm³/mol. The third kappa shape index (κ3) is 6.90. The lowest BCUT2D eigenvalue weighted by atomic mass is 9.99. The molecule has 4 N–H and O–H groups in total. The van der Waals surface area contributed by atoms with Crippen LogP contribution in [0, 0.1) is 0 Å². The summed E-state index contributed by atoms with van der Waals surface area (Å²) in [6.07, 6.45) is 1.71. The van der Waals surface area contributed by atoms with Gasteiger partial charge in [-0.2, -0.15) is 0 Å². The van der Waals surface area contributed by atoms with E-state index in [1.165, 1.54) is 0 Å². The Bertz CT molecular complexity index is 1450. The average Bonchev–Trinajstić information content (AvgIpc) is 2.98. The van der Waals surface area contributed by atoms with Crippen LogP contribution in [0.5, 0.6) is 11.6 Å². The van der Waals surface area contributed by atoms with Gasteiger partial charge in [0.2, 0.25) is 5.88 Å². The van der Waals surface area contributed by atoms with Gasteiger partial charge in [-0.3, -0.25) is 4.98 Å². The maximum Gasteiger partial charge on any atom is 0.218 e. The van der Waals surface area contributed by atoms with Gasteiger partial charge in [0.05, 0.1) is 48.9 Å². The Labute approximate surface area is 243 Å². The van der Waals surface area contributed by atoms with Crippen molar-refractivity contribution < 1.29 is 19.7 Å². The minimum Gasteiger partial charge on any atom is -0.497 e. The molecule has 40 heavy (non-hydrogen) atoms. The van der Waals surface area contributed by atoms with E-state index >= 15 is 0 Å². The van der Waals surface area contributed by atoms with Crippen LogP contribution < -0.4 is 20.1 Å². The monoisotopic (exact) mass is 582 g/mol. The fraction of sp³-hybridized carbons (Fsp3) is 0.267. The van der Waals surface area contributed by atoms with Gasteiger partial charge in [0.25, 0.3) is 0 Å². The van der Waals surface area contributed by atoms with E-state index in [1.807, 2.05) is 54.6 Å². The Morgan fingerprint density at radius 1 is 0.800 bits per heavy atom. The van der Waals surface area contributed by atoms with E-state index in [1.54, 1.807) is 20.4 Å². The molecule has 0 saturated carbocycles. The number of hydrogen-bond donors (Lipinski definition) is 4. The molecule has 0 spiro atoms. The molecule has 0 aliphatic carbocycles. The van der Waals surface area contributed by atoms with Gasteiger partial charge in [0.1, 0.15) is 5.75 Å². The summed E-state index contributed by atoms with van der Waals surface area (Å²) >= 11 is 14.0. The van der Waals surface area contributed by atoms with Crippen molar-refractivity contribution >= 4 is 23.2 Å². The summed E-state index contributed by atoms with van der Waals surface area (Å²) in [5.41, 5.74) is 6.12. The summed E-state index contributed by atoms with van der Waals surface area (Å²) in [5, 5.41) is 25.4. The molecule has 0 atom stereocenters. The third-order valence-corrected chi connectivity index (χ3v) is 7.07. The van der Waals surface area contributed by atoms with Crippen molar-refractivity contribution in [1.29, 1.82) is 0 Å². The smallest absolute Gasteiger partial charge is 0.218 e. The number of methoxy groups -OCH3 is 2. The third-order valence-electron chi connectivity index (χ3n) is 6.28. The number of rotatable bonds is 13. The Morgan fingerprint density at radius 3 is 2.25 bits per heavy atom. The van der Waals surface area contributed by atoms with E-state index < -0.39 is 0 Å². The Morgan fingerprint density at radius 2 is 1.52 bits per heavy atom. The predicted octanol–water partition coefficient (Wildman–Crippen LogP) is 4.97. The van der Waals surface area contributed by atoms with Crippen LogP contribution in [0.15, 0.2) is 60.8 Å². The minimum absolute atomic E-state index is 0.0519. The Hall–Kier alpha value is -3.24. The number of aliphatic hydroxyl groups is 2. The first kappa shape index (κ1) is 29.7. The number of aliphatic hydroxyl groups excluding tert-OH is 2. The first-order chi connectivity index (χ1) is 19.5. The van der Waals surface area contributed by atoms with Crippen molar-refractivity contribution in [2.45, 2.75) is 13.1 Å². The van der Waals surface area contributed by atoms with E-state index in [0.717, 1.165) is 33.4 Å². The second kappa shape index (κ2) is 14.4. The maximum absolute atomic E-state index is 9.10. The lowest BCUT2D eigenvalue weighted by molar-refractivity contribution is 0.291. The number of nitrogens with one attached hydrogen (secondary N) is 2. The molecule has 2 aromatic heterocycles. The van der Waals surface area contributed by atoms with E-state index in [4.69, 9.17) is 47.9 Å². The fourth-order valence-corrected chi connectivity index (χ4v) is 5.00. The molecule has 0 radical (unpaired) electrons. The van der Waals surface area contributed by atoms with Gasteiger partial charge in [0.15, 0.2) is 0 Å². The summed E-state index contributed by atoms with van der Waals surface area (Å²) in [7, 11) is 3.19. The zero-order chi connectivity index (χ0) is 28.5. The summed E-state index contributed by atoms with van der Waals surface area (Å²) in [4.78, 5) is 9.27. The molecular formula is C30H32Cl2N4O4. The second-order valence-electron chi connectivity index (χ2n) is 8.92. The SMILES string of the molecule is COc1cc(CNCCO)cc(-c2nccc(-c3cccc(-c4ccc(CNCCO)c(OC)n4)c3Cl)c2Cl)c1. The first-order valence-corrected chi connectivity index (χ1v) is 13.6.